The van der Waals surface area contributed by atoms with Crippen molar-refractivity contribution >= 4 is 17.5 Å². The van der Waals surface area contributed by atoms with Crippen LogP contribution in [-0.4, -0.2) is 36.3 Å². The van der Waals surface area contributed by atoms with E-state index in [2.05, 4.69) is 6.07 Å². The third kappa shape index (κ3) is 3.24. The normalized spacial score (nSPS) is 22.4. The maximum Gasteiger partial charge on any atom is 0.227 e. The first kappa shape index (κ1) is 16.8. The van der Waals surface area contributed by atoms with E-state index in [0.29, 0.717) is 25.9 Å². The number of carbonyl (C=O) groups excluding carboxylic acids is 2. The lowest BCUT2D eigenvalue weighted by atomic mass is 9.86. The van der Waals surface area contributed by atoms with E-state index >= 15 is 0 Å². The van der Waals surface area contributed by atoms with Gasteiger partial charge in [0.1, 0.15) is 0 Å². The van der Waals surface area contributed by atoms with Crippen molar-refractivity contribution in [2.75, 3.05) is 24.5 Å². The highest BCUT2D eigenvalue weighted by molar-refractivity contribution is 5.96. The molecule has 0 radical (unpaired) electrons. The number of benzene rings is 2. The Morgan fingerprint density at radius 2 is 1.88 bits per heavy atom. The first-order valence-electron chi connectivity index (χ1n) is 9.23. The molecule has 2 aliphatic heterocycles. The van der Waals surface area contributed by atoms with Gasteiger partial charge in [0.25, 0.3) is 0 Å². The van der Waals surface area contributed by atoms with Gasteiger partial charge in [0, 0.05) is 37.2 Å². The Labute approximate surface area is 154 Å². The van der Waals surface area contributed by atoms with Gasteiger partial charge in [-0.25, -0.2) is 0 Å². The van der Waals surface area contributed by atoms with E-state index in [9.17, 15) is 9.59 Å². The second-order valence-electron chi connectivity index (χ2n) is 7.72. The van der Waals surface area contributed by atoms with Gasteiger partial charge in [0.15, 0.2) is 0 Å². The smallest absolute Gasteiger partial charge is 0.227 e. The second kappa shape index (κ2) is 6.60. The van der Waals surface area contributed by atoms with Gasteiger partial charge < -0.3 is 9.80 Å². The van der Waals surface area contributed by atoms with E-state index in [-0.39, 0.29) is 17.2 Å². The average molecular weight is 348 g/mol. The second-order valence-corrected chi connectivity index (χ2v) is 7.72. The molecule has 2 heterocycles. The predicted octanol–water partition coefficient (Wildman–Crippen LogP) is 3.19. The summed E-state index contributed by atoms with van der Waals surface area (Å²) in [4.78, 5) is 29.1. The van der Waals surface area contributed by atoms with Crippen LogP contribution in [0.25, 0.3) is 0 Å². The molecule has 0 aromatic heterocycles. The van der Waals surface area contributed by atoms with E-state index in [1.807, 2.05) is 65.3 Å². The molecule has 0 bridgehead atoms. The third-order valence-electron chi connectivity index (χ3n) is 5.62. The molecule has 1 spiro atoms. The van der Waals surface area contributed by atoms with Gasteiger partial charge in [0.05, 0.1) is 6.42 Å². The van der Waals surface area contributed by atoms with Crippen LogP contribution in [0, 0.1) is 12.3 Å². The minimum Gasteiger partial charge on any atom is -0.342 e. The Kier molecular flexibility index (Phi) is 4.27. The van der Waals surface area contributed by atoms with E-state index in [1.165, 1.54) is 0 Å². The monoisotopic (exact) mass is 348 g/mol. The molecule has 26 heavy (non-hydrogen) atoms. The minimum absolute atomic E-state index is 0.0901. The van der Waals surface area contributed by atoms with Crippen molar-refractivity contribution < 1.29 is 9.59 Å². The van der Waals surface area contributed by atoms with E-state index in [1.54, 1.807) is 0 Å². The van der Waals surface area contributed by atoms with Crippen LogP contribution < -0.4 is 4.90 Å². The molecule has 0 saturated carbocycles. The molecule has 134 valence electrons. The highest BCUT2D eigenvalue weighted by Crippen LogP contribution is 2.42. The number of hydrogen-bond donors (Lipinski definition) is 0. The molecule has 2 aliphatic rings. The highest BCUT2D eigenvalue weighted by atomic mass is 16.2. The average Bonchev–Trinajstić information content (AvgIpc) is 3.19. The summed E-state index contributed by atoms with van der Waals surface area (Å²) in [5.41, 5.74) is 3.08. The van der Waals surface area contributed by atoms with Gasteiger partial charge in [-0.05, 0) is 36.6 Å². The quantitative estimate of drug-likeness (QED) is 0.855. The Hall–Kier alpha value is -2.62. The van der Waals surface area contributed by atoms with Gasteiger partial charge in [-0.3, -0.25) is 9.59 Å². The summed E-state index contributed by atoms with van der Waals surface area (Å²) in [5, 5.41) is 0. The van der Waals surface area contributed by atoms with Crippen molar-refractivity contribution in [3.63, 3.8) is 0 Å². The van der Waals surface area contributed by atoms with Crippen LogP contribution in [0.3, 0.4) is 0 Å². The number of rotatable bonds is 3. The molecule has 0 N–H and O–H groups in total. The highest BCUT2D eigenvalue weighted by Gasteiger charge is 2.48. The van der Waals surface area contributed by atoms with E-state index < -0.39 is 0 Å². The van der Waals surface area contributed by atoms with Crippen LogP contribution in [0.1, 0.15) is 24.0 Å². The van der Waals surface area contributed by atoms with Crippen LogP contribution in [0.4, 0.5) is 5.69 Å². The fraction of sp³-hybridized carbons (Fsp3) is 0.364. The minimum atomic E-state index is -0.0901. The Morgan fingerprint density at radius 3 is 2.65 bits per heavy atom. The molecular formula is C22H24N2O2. The zero-order chi connectivity index (χ0) is 18.1. The standard InChI is InChI=1S/C22H24N2O2/c1-17-6-5-9-19(12-17)24-16-22(14-21(24)26)10-11-23(15-22)20(25)13-18-7-3-2-4-8-18/h2-9,12H,10-11,13-16H2,1H3/t22-/m0/s1. The van der Waals surface area contributed by atoms with Crippen molar-refractivity contribution in [1.29, 1.82) is 0 Å². The van der Waals surface area contributed by atoms with Crippen LogP contribution in [-0.2, 0) is 16.0 Å². The van der Waals surface area contributed by atoms with Crippen LogP contribution >= 0.6 is 0 Å². The molecule has 1 atom stereocenters. The van der Waals surface area contributed by atoms with Gasteiger partial charge in [-0.1, -0.05) is 42.5 Å². The molecule has 4 rings (SSSR count). The SMILES string of the molecule is Cc1cccc(N2C[C@@]3(CCN(C(=O)Cc4ccccc4)C3)CC2=O)c1. The predicted molar refractivity (Wildman–Crippen MR) is 102 cm³/mol. The zero-order valence-corrected chi connectivity index (χ0v) is 15.1. The zero-order valence-electron chi connectivity index (χ0n) is 15.1. The fourth-order valence-corrected chi connectivity index (χ4v) is 4.23. The van der Waals surface area contributed by atoms with Crippen molar-refractivity contribution in [3.05, 3.63) is 65.7 Å². The first-order valence-corrected chi connectivity index (χ1v) is 9.23. The summed E-state index contributed by atoms with van der Waals surface area (Å²) in [7, 11) is 0. The maximum atomic E-state index is 12.7. The maximum absolute atomic E-state index is 12.7. The summed E-state index contributed by atoms with van der Waals surface area (Å²) >= 11 is 0. The largest absolute Gasteiger partial charge is 0.342 e. The molecule has 4 nitrogen and oxygen atoms in total. The lowest BCUT2D eigenvalue weighted by molar-refractivity contribution is -0.130. The summed E-state index contributed by atoms with van der Waals surface area (Å²) < 4.78 is 0. The van der Waals surface area contributed by atoms with Gasteiger partial charge >= 0.3 is 0 Å². The Bertz CT molecular complexity index is 833. The molecule has 2 fully saturated rings. The third-order valence-corrected chi connectivity index (χ3v) is 5.62. The van der Waals surface area contributed by atoms with Crippen LogP contribution in [0.15, 0.2) is 54.6 Å². The number of hydrogen-bond acceptors (Lipinski definition) is 2. The lowest BCUT2D eigenvalue weighted by Crippen LogP contribution is -2.34. The number of anilines is 1. The molecule has 4 heteroatoms. The van der Waals surface area contributed by atoms with Crippen molar-refractivity contribution in [2.45, 2.75) is 26.2 Å². The fourth-order valence-electron chi connectivity index (χ4n) is 4.23. The van der Waals surface area contributed by atoms with Crippen molar-refractivity contribution in [2.24, 2.45) is 5.41 Å². The van der Waals surface area contributed by atoms with E-state index in [0.717, 1.165) is 29.8 Å². The van der Waals surface area contributed by atoms with Crippen molar-refractivity contribution in [1.82, 2.24) is 4.90 Å². The summed E-state index contributed by atoms with van der Waals surface area (Å²) in [5.74, 6) is 0.336. The van der Waals surface area contributed by atoms with Gasteiger partial charge in [-0.2, -0.15) is 0 Å². The first-order chi connectivity index (χ1) is 12.5. The van der Waals surface area contributed by atoms with Gasteiger partial charge in [-0.15, -0.1) is 0 Å². The summed E-state index contributed by atoms with van der Waals surface area (Å²) in [6, 6.07) is 18.0. The summed E-state index contributed by atoms with van der Waals surface area (Å²) in [6.45, 7) is 4.19. The molecule has 2 aromatic rings. The van der Waals surface area contributed by atoms with Crippen LogP contribution in [0.5, 0.6) is 0 Å². The Morgan fingerprint density at radius 1 is 1.08 bits per heavy atom. The number of aryl methyl sites for hydroxylation is 1. The summed E-state index contributed by atoms with van der Waals surface area (Å²) in [6.07, 6.45) is 1.88. The molecular weight excluding hydrogens is 324 g/mol. The van der Waals surface area contributed by atoms with E-state index in [4.69, 9.17) is 0 Å². The molecule has 2 aromatic carbocycles. The number of amides is 2. The van der Waals surface area contributed by atoms with Crippen LogP contribution in [0.2, 0.25) is 0 Å². The number of nitrogens with zero attached hydrogens (tertiary/aromatic N) is 2. The number of carbonyl (C=O) groups is 2. The lowest BCUT2D eigenvalue weighted by Gasteiger charge is -2.24. The molecule has 2 amide bonds. The van der Waals surface area contributed by atoms with Gasteiger partial charge in [0.2, 0.25) is 11.8 Å². The molecule has 2 saturated heterocycles. The van der Waals surface area contributed by atoms with Crippen molar-refractivity contribution in [3.8, 4) is 0 Å². The molecule has 0 aliphatic carbocycles. The topological polar surface area (TPSA) is 40.6 Å². The number of likely N-dealkylation sites (tertiary alicyclic amines) is 1. The Balaban J connectivity index is 1.44. The molecule has 0 unspecified atom stereocenters.